The van der Waals surface area contributed by atoms with Gasteiger partial charge in [-0.2, -0.15) is 0 Å². The van der Waals surface area contributed by atoms with Crippen molar-refractivity contribution in [2.45, 2.75) is 5.41 Å². The normalized spacial score (nSPS) is 13.1. The van der Waals surface area contributed by atoms with E-state index in [1.54, 1.807) is 0 Å². The number of hydrogen-bond acceptors (Lipinski definition) is 5. The number of para-hydroxylation sites is 3. The van der Waals surface area contributed by atoms with Gasteiger partial charge in [0.2, 0.25) is 0 Å². The lowest BCUT2D eigenvalue weighted by atomic mass is 9.64. The van der Waals surface area contributed by atoms with Gasteiger partial charge in [-0.15, -0.1) is 0 Å². The average molecular weight is 766 g/mol. The van der Waals surface area contributed by atoms with Gasteiger partial charge in [-0.3, -0.25) is 0 Å². The molecule has 2 aliphatic rings. The first-order valence-electron chi connectivity index (χ1n) is 20.3. The first-order valence-corrected chi connectivity index (χ1v) is 20.3. The van der Waals surface area contributed by atoms with Gasteiger partial charge < -0.3 is 4.90 Å². The van der Waals surface area contributed by atoms with E-state index in [2.05, 4.69) is 157 Å². The lowest BCUT2D eigenvalue weighted by molar-refractivity contribution is 0.757. The predicted molar refractivity (Wildman–Crippen MR) is 242 cm³/mol. The Labute approximate surface area is 348 Å². The first-order chi connectivity index (χ1) is 29.8. The Morgan fingerprint density at radius 1 is 0.317 bits per heavy atom. The van der Waals surface area contributed by atoms with Crippen LogP contribution >= 0.6 is 0 Å². The van der Waals surface area contributed by atoms with Crippen molar-refractivity contribution >= 4 is 27.8 Å². The number of aromatic nitrogens is 4. The van der Waals surface area contributed by atoms with Crippen molar-refractivity contribution in [1.82, 2.24) is 19.9 Å². The van der Waals surface area contributed by atoms with Crippen molar-refractivity contribution in [2.24, 2.45) is 0 Å². The summed E-state index contributed by atoms with van der Waals surface area (Å²) in [5, 5.41) is 2.29. The molecule has 12 rings (SSSR count). The third kappa shape index (κ3) is 5.06. The molecular weight excluding hydrogens is 731 g/mol. The minimum Gasteiger partial charge on any atom is -0.310 e. The Morgan fingerprint density at radius 3 is 1.33 bits per heavy atom. The largest absolute Gasteiger partial charge is 0.310 e. The van der Waals surface area contributed by atoms with Gasteiger partial charge in [-0.25, -0.2) is 19.9 Å². The van der Waals surface area contributed by atoms with Gasteiger partial charge in [0.1, 0.15) is 0 Å². The van der Waals surface area contributed by atoms with Crippen LogP contribution in [0.4, 0.5) is 17.1 Å². The maximum atomic E-state index is 5.72. The zero-order chi connectivity index (χ0) is 39.6. The second kappa shape index (κ2) is 13.5. The van der Waals surface area contributed by atoms with E-state index in [9.17, 15) is 0 Å². The number of hydrogen-bond donors (Lipinski definition) is 0. The second-order valence-corrected chi connectivity index (χ2v) is 15.3. The molecule has 0 atom stereocenters. The number of fused-ring (bicyclic) bond motifs is 11. The van der Waals surface area contributed by atoms with Crippen molar-refractivity contribution in [3.8, 4) is 56.7 Å². The topological polar surface area (TPSA) is 54.8 Å². The number of nitrogens with zero attached hydrogens (tertiary/aromatic N) is 5. The summed E-state index contributed by atoms with van der Waals surface area (Å²) < 4.78 is 0. The second-order valence-electron chi connectivity index (χ2n) is 15.3. The zero-order valence-corrected chi connectivity index (χ0v) is 32.4. The SMILES string of the molecule is c1ccc(-c2nc(-c3ccccc3)nc(-c3ccc(-c4nc5c(c6ccccc46)C4(c6ccccc6-5)c5ccccc5N(c5ccccc5)c5ccccc54)cc3)n2)cc1. The lowest BCUT2D eigenvalue weighted by Gasteiger charge is -2.45. The molecule has 3 heterocycles. The zero-order valence-electron chi connectivity index (χ0n) is 32.4. The van der Waals surface area contributed by atoms with Crippen molar-refractivity contribution in [2.75, 3.05) is 4.90 Å². The molecule has 5 heteroatoms. The Kier molecular flexibility index (Phi) is 7.69. The van der Waals surface area contributed by atoms with Gasteiger partial charge in [-0.1, -0.05) is 188 Å². The first kappa shape index (κ1) is 34.1. The van der Waals surface area contributed by atoms with Crippen LogP contribution in [0.25, 0.3) is 67.5 Å². The van der Waals surface area contributed by atoms with Crippen molar-refractivity contribution in [3.05, 3.63) is 235 Å². The number of benzene rings is 8. The summed E-state index contributed by atoms with van der Waals surface area (Å²) in [5.74, 6) is 1.90. The van der Waals surface area contributed by atoms with Crippen LogP contribution in [0.1, 0.15) is 22.3 Å². The van der Waals surface area contributed by atoms with E-state index in [0.29, 0.717) is 17.5 Å². The summed E-state index contributed by atoms with van der Waals surface area (Å²) >= 11 is 0. The lowest BCUT2D eigenvalue weighted by Crippen LogP contribution is -2.36. The Morgan fingerprint density at radius 2 is 0.750 bits per heavy atom. The van der Waals surface area contributed by atoms with Gasteiger partial charge in [0, 0.05) is 44.5 Å². The van der Waals surface area contributed by atoms with Crippen LogP contribution in [0.3, 0.4) is 0 Å². The molecule has 0 N–H and O–H groups in total. The number of pyridine rings is 1. The molecule has 1 spiro atoms. The summed E-state index contributed by atoms with van der Waals surface area (Å²) in [7, 11) is 0. The quantitative estimate of drug-likeness (QED) is 0.175. The van der Waals surface area contributed by atoms with E-state index in [1.807, 2.05) is 60.7 Å². The van der Waals surface area contributed by atoms with Crippen molar-refractivity contribution in [1.29, 1.82) is 0 Å². The molecule has 1 aliphatic heterocycles. The molecule has 0 unspecified atom stereocenters. The van der Waals surface area contributed by atoms with Crippen LogP contribution in [0.15, 0.2) is 212 Å². The maximum Gasteiger partial charge on any atom is 0.164 e. The standard InChI is InChI=1S/C55H35N5/c1-4-18-37(19-5-1)52-57-53(38-20-6-2-7-21-38)59-54(58-52)39-34-32-36(33-35-39)50-42-25-11-10-24-41(42)49-51(56-50)43-26-12-13-27-44(43)55(49)45-28-14-16-30-47(45)60(40-22-8-3-9-23-40)48-31-17-15-29-46(48)55/h1-35H. The third-order valence-electron chi connectivity index (χ3n) is 12.1. The van der Waals surface area contributed by atoms with E-state index >= 15 is 0 Å². The molecule has 1 aliphatic carbocycles. The highest BCUT2D eigenvalue weighted by Gasteiger charge is 2.53. The monoisotopic (exact) mass is 765 g/mol. The summed E-state index contributed by atoms with van der Waals surface area (Å²) in [4.78, 5) is 23.0. The molecular formula is C55H35N5. The smallest absolute Gasteiger partial charge is 0.164 e. The van der Waals surface area contributed by atoms with E-state index in [0.717, 1.165) is 61.7 Å². The van der Waals surface area contributed by atoms with Gasteiger partial charge in [0.25, 0.3) is 0 Å². The molecule has 0 amide bonds. The summed E-state index contributed by atoms with van der Waals surface area (Å²) in [6.45, 7) is 0. The molecule has 2 aromatic heterocycles. The molecule has 0 radical (unpaired) electrons. The summed E-state index contributed by atoms with van der Waals surface area (Å²) in [5.41, 5.74) is 14.7. The van der Waals surface area contributed by atoms with Gasteiger partial charge >= 0.3 is 0 Å². The van der Waals surface area contributed by atoms with Crippen LogP contribution in [0.2, 0.25) is 0 Å². The van der Waals surface area contributed by atoms with E-state index < -0.39 is 5.41 Å². The van der Waals surface area contributed by atoms with E-state index in [4.69, 9.17) is 19.9 Å². The van der Waals surface area contributed by atoms with Crippen LogP contribution in [0.5, 0.6) is 0 Å². The molecule has 0 fully saturated rings. The average Bonchev–Trinajstić information content (AvgIpc) is 3.63. The minimum atomic E-state index is -0.606. The third-order valence-corrected chi connectivity index (χ3v) is 12.1. The fourth-order valence-corrected chi connectivity index (χ4v) is 9.58. The predicted octanol–water partition coefficient (Wildman–Crippen LogP) is 13.2. The molecule has 60 heavy (non-hydrogen) atoms. The minimum absolute atomic E-state index is 0.606. The highest BCUT2D eigenvalue weighted by atomic mass is 15.2. The fourth-order valence-electron chi connectivity index (χ4n) is 9.58. The van der Waals surface area contributed by atoms with Crippen molar-refractivity contribution in [3.63, 3.8) is 0 Å². The van der Waals surface area contributed by atoms with Crippen LogP contribution in [-0.2, 0) is 5.41 Å². The molecule has 280 valence electrons. The Balaban J connectivity index is 1.06. The van der Waals surface area contributed by atoms with E-state index in [1.165, 1.54) is 27.6 Å². The highest BCUT2D eigenvalue weighted by Crippen LogP contribution is 2.64. The molecule has 0 saturated heterocycles. The molecule has 8 aromatic carbocycles. The fraction of sp³-hybridized carbons (Fsp3) is 0.0182. The van der Waals surface area contributed by atoms with Crippen LogP contribution in [0, 0.1) is 0 Å². The van der Waals surface area contributed by atoms with Crippen LogP contribution in [-0.4, -0.2) is 19.9 Å². The summed E-state index contributed by atoms with van der Waals surface area (Å²) in [6, 6.07) is 75.0. The molecule has 5 nitrogen and oxygen atoms in total. The number of anilines is 3. The Hall–Kier alpha value is -8.02. The van der Waals surface area contributed by atoms with Gasteiger partial charge in [-0.05, 0) is 46.3 Å². The maximum absolute atomic E-state index is 5.72. The summed E-state index contributed by atoms with van der Waals surface area (Å²) in [6.07, 6.45) is 0. The van der Waals surface area contributed by atoms with E-state index in [-0.39, 0.29) is 0 Å². The van der Waals surface area contributed by atoms with Gasteiger partial charge in [0.05, 0.1) is 28.2 Å². The Bertz CT molecular complexity index is 3150. The van der Waals surface area contributed by atoms with Crippen molar-refractivity contribution < 1.29 is 0 Å². The molecule has 10 aromatic rings. The van der Waals surface area contributed by atoms with Gasteiger partial charge in [0.15, 0.2) is 17.5 Å². The molecule has 0 bridgehead atoms. The molecule has 0 saturated carbocycles. The van der Waals surface area contributed by atoms with Crippen LogP contribution < -0.4 is 4.90 Å². The highest BCUT2D eigenvalue weighted by molar-refractivity contribution is 6.06. The number of rotatable bonds is 5.